The third-order valence-corrected chi connectivity index (χ3v) is 8.49. The van der Waals surface area contributed by atoms with Gasteiger partial charge in [-0.2, -0.15) is 5.10 Å². The summed E-state index contributed by atoms with van der Waals surface area (Å²) in [7, 11) is -1.10. The SMILES string of the molecule is CCS(=O)(=O)CC1CN(c2ccc(C(C)C)c3cc(Nc4ccnc(-c5cnn(C)c5)n4)ncc23)C1. The van der Waals surface area contributed by atoms with Gasteiger partial charge in [-0.15, -0.1) is 0 Å². The van der Waals surface area contributed by atoms with Crippen LogP contribution in [-0.2, 0) is 16.9 Å². The molecule has 5 rings (SSSR count). The van der Waals surface area contributed by atoms with E-state index in [0.29, 0.717) is 23.4 Å². The molecule has 36 heavy (non-hydrogen) atoms. The summed E-state index contributed by atoms with van der Waals surface area (Å²) in [5.41, 5.74) is 3.18. The van der Waals surface area contributed by atoms with Crippen molar-refractivity contribution in [1.29, 1.82) is 0 Å². The van der Waals surface area contributed by atoms with E-state index in [1.165, 1.54) is 5.56 Å². The molecule has 1 aromatic carbocycles. The first kappa shape index (κ1) is 24.2. The van der Waals surface area contributed by atoms with Crippen LogP contribution < -0.4 is 10.2 Å². The maximum atomic E-state index is 12.0. The van der Waals surface area contributed by atoms with Crippen molar-refractivity contribution in [3.05, 3.63) is 54.6 Å². The topological polar surface area (TPSA) is 106 Å². The summed E-state index contributed by atoms with van der Waals surface area (Å²) in [4.78, 5) is 15.9. The largest absolute Gasteiger partial charge is 0.370 e. The molecule has 0 spiro atoms. The fourth-order valence-corrected chi connectivity index (χ4v) is 5.84. The first-order valence-electron chi connectivity index (χ1n) is 12.2. The average molecular weight is 506 g/mol. The minimum Gasteiger partial charge on any atom is -0.370 e. The Bertz CT molecular complexity index is 1510. The Hall–Kier alpha value is -3.53. The highest BCUT2D eigenvalue weighted by molar-refractivity contribution is 7.91. The normalized spacial score (nSPS) is 14.4. The molecule has 0 atom stereocenters. The van der Waals surface area contributed by atoms with Crippen LogP contribution in [0.5, 0.6) is 0 Å². The van der Waals surface area contributed by atoms with E-state index in [9.17, 15) is 8.42 Å². The van der Waals surface area contributed by atoms with Crippen molar-refractivity contribution in [1.82, 2.24) is 24.7 Å². The number of rotatable bonds is 8. The van der Waals surface area contributed by atoms with Gasteiger partial charge in [0.05, 0.1) is 17.5 Å². The molecule has 188 valence electrons. The molecule has 1 saturated heterocycles. The van der Waals surface area contributed by atoms with E-state index in [-0.39, 0.29) is 17.4 Å². The Morgan fingerprint density at radius 2 is 1.89 bits per heavy atom. The fraction of sp³-hybridized carbons (Fsp3) is 0.385. The van der Waals surface area contributed by atoms with E-state index >= 15 is 0 Å². The number of pyridine rings is 1. The standard InChI is InChI=1S/C26H31N7O2S/c1-5-36(34,35)16-18-13-33(14-18)23-7-6-20(17(2)3)21-10-25(28-12-22(21)23)30-24-8-9-27-26(31-24)19-11-29-32(4)15-19/h6-12,15,17-18H,5,13-14,16H2,1-4H3,(H,27,28,30,31). The van der Waals surface area contributed by atoms with Crippen LogP contribution in [0.3, 0.4) is 0 Å². The van der Waals surface area contributed by atoms with E-state index in [4.69, 9.17) is 4.98 Å². The van der Waals surface area contributed by atoms with Crippen molar-refractivity contribution >= 4 is 37.9 Å². The van der Waals surface area contributed by atoms with E-state index in [2.05, 4.69) is 57.3 Å². The second-order valence-electron chi connectivity index (χ2n) is 9.71. The predicted octanol–water partition coefficient (Wildman–Crippen LogP) is 4.16. The fourth-order valence-electron chi connectivity index (χ4n) is 4.68. The minimum absolute atomic E-state index is 0.176. The number of hydrogen-bond donors (Lipinski definition) is 1. The number of aryl methyl sites for hydroxylation is 1. The molecular formula is C26H31N7O2S. The van der Waals surface area contributed by atoms with E-state index in [0.717, 1.165) is 35.1 Å². The highest BCUT2D eigenvalue weighted by Crippen LogP contribution is 2.37. The molecule has 3 aromatic heterocycles. The number of nitrogens with one attached hydrogen (secondary N) is 1. The summed E-state index contributed by atoms with van der Waals surface area (Å²) in [5.74, 6) is 2.92. The van der Waals surface area contributed by atoms with Gasteiger partial charge < -0.3 is 10.2 Å². The van der Waals surface area contributed by atoms with Crippen molar-refractivity contribution in [3.63, 3.8) is 0 Å². The lowest BCUT2D eigenvalue weighted by Crippen LogP contribution is -2.49. The summed E-state index contributed by atoms with van der Waals surface area (Å²) in [6.45, 7) is 7.56. The van der Waals surface area contributed by atoms with Crippen LogP contribution in [0.4, 0.5) is 17.3 Å². The maximum absolute atomic E-state index is 12.0. The second kappa shape index (κ2) is 9.50. The molecule has 4 heterocycles. The zero-order chi connectivity index (χ0) is 25.4. The van der Waals surface area contributed by atoms with Gasteiger partial charge in [-0.1, -0.05) is 26.8 Å². The van der Waals surface area contributed by atoms with Crippen LogP contribution in [0.2, 0.25) is 0 Å². The Labute approximate surface area is 211 Å². The number of aromatic nitrogens is 5. The Balaban J connectivity index is 1.42. The van der Waals surface area contributed by atoms with Gasteiger partial charge in [0, 0.05) is 61.5 Å². The number of hydrogen-bond acceptors (Lipinski definition) is 8. The molecule has 0 radical (unpaired) electrons. The number of nitrogens with zero attached hydrogens (tertiary/aromatic N) is 6. The molecule has 9 nitrogen and oxygen atoms in total. The quantitative estimate of drug-likeness (QED) is 0.380. The van der Waals surface area contributed by atoms with Crippen LogP contribution in [0.1, 0.15) is 32.3 Å². The van der Waals surface area contributed by atoms with Crippen molar-refractivity contribution in [3.8, 4) is 11.4 Å². The van der Waals surface area contributed by atoms with E-state index in [1.54, 1.807) is 24.0 Å². The molecule has 0 saturated carbocycles. The van der Waals surface area contributed by atoms with Crippen molar-refractivity contribution in [2.45, 2.75) is 26.7 Å². The van der Waals surface area contributed by atoms with Crippen molar-refractivity contribution < 1.29 is 8.42 Å². The van der Waals surface area contributed by atoms with Crippen molar-refractivity contribution in [2.75, 3.05) is 34.8 Å². The van der Waals surface area contributed by atoms with Gasteiger partial charge in [-0.3, -0.25) is 4.68 Å². The predicted molar refractivity (Wildman–Crippen MR) is 143 cm³/mol. The number of fused-ring (bicyclic) bond motifs is 1. The number of sulfone groups is 1. The molecule has 1 N–H and O–H groups in total. The third kappa shape index (κ3) is 4.90. The van der Waals surface area contributed by atoms with Gasteiger partial charge in [0.25, 0.3) is 0 Å². The third-order valence-electron chi connectivity index (χ3n) is 6.64. The maximum Gasteiger partial charge on any atom is 0.164 e. The molecule has 10 heteroatoms. The lowest BCUT2D eigenvalue weighted by atomic mass is 9.93. The zero-order valence-corrected chi connectivity index (χ0v) is 21.8. The van der Waals surface area contributed by atoms with E-state index in [1.807, 2.05) is 25.5 Å². The first-order valence-corrected chi connectivity index (χ1v) is 14.0. The highest BCUT2D eigenvalue weighted by Gasteiger charge is 2.31. The highest BCUT2D eigenvalue weighted by atomic mass is 32.2. The monoisotopic (exact) mass is 505 g/mol. The Kier molecular flexibility index (Phi) is 6.38. The molecule has 0 bridgehead atoms. The summed E-state index contributed by atoms with van der Waals surface area (Å²) < 4.78 is 25.8. The summed E-state index contributed by atoms with van der Waals surface area (Å²) in [6.07, 6.45) is 7.23. The average Bonchev–Trinajstić information content (AvgIpc) is 3.27. The molecule has 0 aliphatic carbocycles. The first-order chi connectivity index (χ1) is 17.2. The van der Waals surface area contributed by atoms with Gasteiger partial charge >= 0.3 is 0 Å². The molecule has 1 fully saturated rings. The van der Waals surface area contributed by atoms with Crippen LogP contribution in [0.15, 0.2) is 49.1 Å². The van der Waals surface area contributed by atoms with Gasteiger partial charge in [0.15, 0.2) is 5.82 Å². The molecule has 0 unspecified atom stereocenters. The van der Waals surface area contributed by atoms with Crippen LogP contribution in [0, 0.1) is 5.92 Å². The molecular weight excluding hydrogens is 474 g/mol. The smallest absolute Gasteiger partial charge is 0.164 e. The van der Waals surface area contributed by atoms with Crippen molar-refractivity contribution in [2.24, 2.45) is 13.0 Å². The zero-order valence-electron chi connectivity index (χ0n) is 21.0. The second-order valence-corrected chi connectivity index (χ2v) is 12.1. The summed E-state index contributed by atoms with van der Waals surface area (Å²) in [6, 6.07) is 8.20. The van der Waals surface area contributed by atoms with E-state index < -0.39 is 9.84 Å². The van der Waals surface area contributed by atoms with Crippen LogP contribution >= 0.6 is 0 Å². The lowest BCUT2D eigenvalue weighted by molar-refractivity contribution is 0.445. The van der Waals surface area contributed by atoms with Crippen LogP contribution in [0.25, 0.3) is 22.2 Å². The lowest BCUT2D eigenvalue weighted by Gasteiger charge is -2.41. The molecule has 1 aliphatic rings. The minimum atomic E-state index is -2.96. The number of benzene rings is 1. The van der Waals surface area contributed by atoms with Gasteiger partial charge in [-0.25, -0.2) is 23.4 Å². The molecule has 1 aliphatic heterocycles. The van der Waals surface area contributed by atoms with Gasteiger partial charge in [0.2, 0.25) is 0 Å². The Morgan fingerprint density at radius 1 is 1.08 bits per heavy atom. The van der Waals surface area contributed by atoms with Gasteiger partial charge in [-0.05, 0) is 35.1 Å². The Morgan fingerprint density at radius 3 is 2.58 bits per heavy atom. The van der Waals surface area contributed by atoms with Crippen LogP contribution in [-0.4, -0.2) is 57.7 Å². The summed E-state index contributed by atoms with van der Waals surface area (Å²) >= 11 is 0. The summed E-state index contributed by atoms with van der Waals surface area (Å²) in [5, 5.41) is 9.73. The number of anilines is 3. The van der Waals surface area contributed by atoms with Gasteiger partial charge in [0.1, 0.15) is 21.5 Å². The molecule has 0 amide bonds. The molecule has 4 aromatic rings.